The van der Waals surface area contributed by atoms with Gasteiger partial charge in [0, 0.05) is 19.0 Å². The first-order chi connectivity index (χ1) is 8.74. The second kappa shape index (κ2) is 6.32. The normalized spacial score (nSPS) is 25.5. The van der Waals surface area contributed by atoms with Gasteiger partial charge >= 0.3 is 0 Å². The van der Waals surface area contributed by atoms with Crippen molar-refractivity contribution < 1.29 is 0 Å². The summed E-state index contributed by atoms with van der Waals surface area (Å²) in [6.07, 6.45) is 7.90. The van der Waals surface area contributed by atoms with Crippen LogP contribution in [0.15, 0.2) is 6.33 Å². The summed E-state index contributed by atoms with van der Waals surface area (Å²) in [4.78, 5) is 4.42. The lowest BCUT2D eigenvalue weighted by atomic mass is 9.94. The fraction of sp³-hybridized carbons (Fsp3) is 0.857. The van der Waals surface area contributed by atoms with Crippen LogP contribution in [0.1, 0.15) is 45.4 Å². The molecule has 1 aliphatic rings. The van der Waals surface area contributed by atoms with Crippen molar-refractivity contribution in [2.75, 3.05) is 7.05 Å². The van der Waals surface area contributed by atoms with Crippen LogP contribution in [0.25, 0.3) is 0 Å². The minimum Gasteiger partial charge on any atom is -0.316 e. The van der Waals surface area contributed by atoms with Gasteiger partial charge in [-0.3, -0.25) is 4.68 Å². The van der Waals surface area contributed by atoms with Gasteiger partial charge in [-0.15, -0.1) is 0 Å². The van der Waals surface area contributed by atoms with E-state index < -0.39 is 0 Å². The second-order valence-corrected chi connectivity index (χ2v) is 5.68. The first kappa shape index (κ1) is 13.5. The summed E-state index contributed by atoms with van der Waals surface area (Å²) >= 11 is 0. The molecule has 0 spiro atoms. The Morgan fingerprint density at radius 3 is 2.94 bits per heavy atom. The van der Waals surface area contributed by atoms with Crippen LogP contribution in [0.5, 0.6) is 0 Å². The van der Waals surface area contributed by atoms with Crippen LogP contribution >= 0.6 is 0 Å². The van der Waals surface area contributed by atoms with Gasteiger partial charge in [-0.25, -0.2) is 4.98 Å². The van der Waals surface area contributed by atoms with Crippen molar-refractivity contribution in [2.45, 2.75) is 58.5 Å². The van der Waals surface area contributed by atoms with Crippen LogP contribution in [0, 0.1) is 11.8 Å². The number of aryl methyl sites for hydroxylation is 1. The van der Waals surface area contributed by atoms with Crippen LogP contribution in [0.3, 0.4) is 0 Å². The molecule has 0 amide bonds. The Kier molecular flexibility index (Phi) is 4.75. The summed E-state index contributed by atoms with van der Waals surface area (Å²) in [5.41, 5.74) is 0. The summed E-state index contributed by atoms with van der Waals surface area (Å²) in [5, 5.41) is 7.80. The number of likely N-dealkylation sites (N-methyl/N-ethyl adjacent to an activating group) is 1. The molecular weight excluding hydrogens is 224 g/mol. The minimum atomic E-state index is 0.551. The molecule has 1 N–H and O–H groups in total. The third-order valence-electron chi connectivity index (χ3n) is 4.21. The van der Waals surface area contributed by atoms with Gasteiger partial charge in [-0.2, -0.15) is 5.10 Å². The van der Waals surface area contributed by atoms with Crippen LogP contribution in [0.4, 0.5) is 0 Å². The molecule has 4 heteroatoms. The monoisotopic (exact) mass is 250 g/mol. The highest BCUT2D eigenvalue weighted by Gasteiger charge is 2.28. The highest BCUT2D eigenvalue weighted by molar-refractivity contribution is 4.93. The maximum Gasteiger partial charge on any atom is 0.138 e. The maximum absolute atomic E-state index is 4.42. The third-order valence-corrected chi connectivity index (χ3v) is 4.21. The molecule has 1 heterocycles. The highest BCUT2D eigenvalue weighted by atomic mass is 15.3. The van der Waals surface area contributed by atoms with E-state index in [9.17, 15) is 0 Å². The van der Waals surface area contributed by atoms with Gasteiger partial charge in [-0.05, 0) is 38.1 Å². The SMILES string of the molecule is CCCn1ncnc1CC(NC)C1CCC(C)C1. The molecule has 1 aromatic rings. The molecule has 3 unspecified atom stereocenters. The van der Waals surface area contributed by atoms with E-state index in [1.807, 2.05) is 0 Å². The third kappa shape index (κ3) is 3.10. The van der Waals surface area contributed by atoms with Crippen molar-refractivity contribution in [3.05, 3.63) is 12.2 Å². The van der Waals surface area contributed by atoms with Gasteiger partial charge in [-0.1, -0.05) is 20.3 Å². The molecular formula is C14H26N4. The lowest BCUT2D eigenvalue weighted by molar-refractivity contribution is 0.356. The maximum atomic E-state index is 4.42. The van der Waals surface area contributed by atoms with Gasteiger partial charge in [0.05, 0.1) is 0 Å². The lowest BCUT2D eigenvalue weighted by Crippen LogP contribution is -2.35. The van der Waals surface area contributed by atoms with Crippen molar-refractivity contribution in [3.63, 3.8) is 0 Å². The standard InChI is InChI=1S/C14H26N4/c1-4-7-18-14(16-10-17-18)9-13(15-3)12-6-5-11(2)8-12/h10-13,15H,4-9H2,1-3H3. The van der Waals surface area contributed by atoms with E-state index in [1.54, 1.807) is 6.33 Å². The zero-order valence-electron chi connectivity index (χ0n) is 11.9. The Labute approximate surface area is 110 Å². The van der Waals surface area contributed by atoms with Crippen LogP contribution in [-0.2, 0) is 13.0 Å². The lowest BCUT2D eigenvalue weighted by Gasteiger charge is -2.23. The Bertz CT molecular complexity index is 360. The average Bonchev–Trinajstić information content (AvgIpc) is 2.96. The summed E-state index contributed by atoms with van der Waals surface area (Å²) in [6, 6.07) is 0.551. The topological polar surface area (TPSA) is 42.7 Å². The number of hydrogen-bond acceptors (Lipinski definition) is 3. The first-order valence-corrected chi connectivity index (χ1v) is 7.28. The quantitative estimate of drug-likeness (QED) is 0.842. The molecule has 0 aromatic carbocycles. The van der Waals surface area contributed by atoms with Crippen molar-refractivity contribution in [3.8, 4) is 0 Å². The minimum absolute atomic E-state index is 0.551. The number of nitrogens with one attached hydrogen (secondary N) is 1. The van der Waals surface area contributed by atoms with Gasteiger partial charge in [0.1, 0.15) is 12.2 Å². The molecule has 102 valence electrons. The summed E-state index contributed by atoms with van der Waals surface area (Å²) < 4.78 is 2.06. The molecule has 0 radical (unpaired) electrons. The summed E-state index contributed by atoms with van der Waals surface area (Å²) in [7, 11) is 2.08. The highest BCUT2D eigenvalue weighted by Crippen LogP contribution is 2.33. The fourth-order valence-corrected chi connectivity index (χ4v) is 3.16. The zero-order chi connectivity index (χ0) is 13.0. The number of hydrogen-bond donors (Lipinski definition) is 1. The molecule has 3 atom stereocenters. The molecule has 1 aromatic heterocycles. The van der Waals surface area contributed by atoms with E-state index in [2.05, 4.69) is 41.0 Å². The van der Waals surface area contributed by atoms with E-state index >= 15 is 0 Å². The van der Waals surface area contributed by atoms with Gasteiger partial charge in [0.2, 0.25) is 0 Å². The van der Waals surface area contributed by atoms with Crippen LogP contribution < -0.4 is 5.32 Å². The Balaban J connectivity index is 1.99. The number of rotatable bonds is 6. The Morgan fingerprint density at radius 2 is 2.33 bits per heavy atom. The average molecular weight is 250 g/mol. The summed E-state index contributed by atoms with van der Waals surface area (Å²) in [5.74, 6) is 2.83. The van der Waals surface area contributed by atoms with Gasteiger partial charge in [0.15, 0.2) is 0 Å². The smallest absolute Gasteiger partial charge is 0.138 e. The summed E-state index contributed by atoms with van der Waals surface area (Å²) in [6.45, 7) is 5.53. The Hall–Kier alpha value is -0.900. The van der Waals surface area contributed by atoms with E-state index in [4.69, 9.17) is 0 Å². The Morgan fingerprint density at radius 1 is 1.50 bits per heavy atom. The number of nitrogens with zero attached hydrogens (tertiary/aromatic N) is 3. The van der Waals surface area contributed by atoms with Gasteiger partial charge < -0.3 is 5.32 Å². The van der Waals surface area contributed by atoms with Crippen molar-refractivity contribution in [2.24, 2.45) is 11.8 Å². The molecule has 18 heavy (non-hydrogen) atoms. The van der Waals surface area contributed by atoms with Crippen LogP contribution in [-0.4, -0.2) is 27.9 Å². The molecule has 4 nitrogen and oxygen atoms in total. The molecule has 1 aliphatic carbocycles. The van der Waals surface area contributed by atoms with Gasteiger partial charge in [0.25, 0.3) is 0 Å². The van der Waals surface area contributed by atoms with E-state index in [1.165, 1.54) is 19.3 Å². The fourth-order valence-electron chi connectivity index (χ4n) is 3.16. The largest absolute Gasteiger partial charge is 0.316 e. The zero-order valence-corrected chi connectivity index (χ0v) is 11.9. The first-order valence-electron chi connectivity index (χ1n) is 7.28. The molecule has 1 fully saturated rings. The molecule has 2 rings (SSSR count). The van der Waals surface area contributed by atoms with Crippen molar-refractivity contribution in [1.29, 1.82) is 0 Å². The predicted molar refractivity (Wildman–Crippen MR) is 73.4 cm³/mol. The second-order valence-electron chi connectivity index (χ2n) is 5.68. The van der Waals surface area contributed by atoms with Crippen molar-refractivity contribution in [1.82, 2.24) is 20.1 Å². The van der Waals surface area contributed by atoms with E-state index in [0.717, 1.165) is 37.0 Å². The van der Waals surface area contributed by atoms with E-state index in [0.29, 0.717) is 6.04 Å². The van der Waals surface area contributed by atoms with E-state index in [-0.39, 0.29) is 0 Å². The van der Waals surface area contributed by atoms with Crippen LogP contribution in [0.2, 0.25) is 0 Å². The molecule has 0 bridgehead atoms. The molecule has 1 saturated carbocycles. The molecule has 0 aliphatic heterocycles. The van der Waals surface area contributed by atoms with Crippen molar-refractivity contribution >= 4 is 0 Å². The predicted octanol–water partition coefficient (Wildman–Crippen LogP) is 2.25. The molecule has 0 saturated heterocycles. The number of aromatic nitrogens is 3.